The number of hydrogen-bond donors (Lipinski definition) is 4. The van der Waals surface area contributed by atoms with E-state index < -0.39 is 5.60 Å². The van der Waals surface area contributed by atoms with Crippen LogP contribution in [0.1, 0.15) is 19.8 Å². The molecule has 0 spiro atoms. The highest BCUT2D eigenvalue weighted by Crippen LogP contribution is 2.23. The standard InChI is InChI=1S/C20H26N2O4/c1-20(25,12-3-13-23)14-21-19(24)22-17-8-4-15(5-9-17)16-6-10-18(26-2)11-7-16/h4-11,23,25H,3,12-14H2,1-2H3,(H2,21,22,24)/t20-/m1/s1. The maximum Gasteiger partial charge on any atom is 0.319 e. The molecule has 26 heavy (non-hydrogen) atoms. The first-order valence-corrected chi connectivity index (χ1v) is 8.56. The van der Waals surface area contributed by atoms with Gasteiger partial charge in [0.2, 0.25) is 0 Å². The number of hydrogen-bond acceptors (Lipinski definition) is 4. The van der Waals surface area contributed by atoms with Crippen LogP contribution in [0.25, 0.3) is 11.1 Å². The summed E-state index contributed by atoms with van der Waals surface area (Å²) in [4.78, 5) is 12.0. The summed E-state index contributed by atoms with van der Waals surface area (Å²) in [6, 6.07) is 14.9. The first-order valence-electron chi connectivity index (χ1n) is 8.56. The minimum absolute atomic E-state index is 0.0168. The van der Waals surface area contributed by atoms with Crippen molar-refractivity contribution >= 4 is 11.7 Å². The van der Waals surface area contributed by atoms with Crippen molar-refractivity contribution in [2.45, 2.75) is 25.4 Å². The van der Waals surface area contributed by atoms with Gasteiger partial charge in [-0.2, -0.15) is 0 Å². The largest absolute Gasteiger partial charge is 0.497 e. The quantitative estimate of drug-likeness (QED) is 0.584. The van der Waals surface area contributed by atoms with Crippen LogP contribution in [0, 0.1) is 0 Å². The van der Waals surface area contributed by atoms with E-state index in [9.17, 15) is 9.90 Å². The number of rotatable bonds is 8. The Kier molecular flexibility index (Phi) is 7.00. The molecule has 0 aliphatic heterocycles. The first kappa shape index (κ1) is 19.8. The van der Waals surface area contributed by atoms with Crippen molar-refractivity contribution < 1.29 is 19.7 Å². The van der Waals surface area contributed by atoms with Crippen LogP contribution >= 0.6 is 0 Å². The third kappa shape index (κ3) is 6.06. The SMILES string of the molecule is COc1ccc(-c2ccc(NC(=O)NC[C@](C)(O)CCCO)cc2)cc1. The molecule has 0 fully saturated rings. The van der Waals surface area contributed by atoms with Gasteiger partial charge in [0.1, 0.15) is 5.75 Å². The highest BCUT2D eigenvalue weighted by Gasteiger charge is 2.20. The van der Waals surface area contributed by atoms with E-state index in [1.807, 2.05) is 48.5 Å². The van der Waals surface area contributed by atoms with Gasteiger partial charge in [0.15, 0.2) is 0 Å². The van der Waals surface area contributed by atoms with Gasteiger partial charge in [0, 0.05) is 18.8 Å². The Balaban J connectivity index is 1.88. The third-order valence-electron chi connectivity index (χ3n) is 4.07. The molecule has 0 aliphatic rings. The van der Waals surface area contributed by atoms with E-state index in [4.69, 9.17) is 9.84 Å². The normalized spacial score (nSPS) is 12.9. The zero-order valence-electron chi connectivity index (χ0n) is 15.2. The number of aliphatic hydroxyl groups is 2. The molecule has 0 aromatic heterocycles. The number of urea groups is 1. The van der Waals surface area contributed by atoms with Crippen molar-refractivity contribution in [2.24, 2.45) is 0 Å². The highest BCUT2D eigenvalue weighted by atomic mass is 16.5. The number of carbonyl (C=O) groups excluding carboxylic acids is 1. The molecule has 0 saturated carbocycles. The van der Waals surface area contributed by atoms with Gasteiger partial charge in [-0.05, 0) is 55.2 Å². The summed E-state index contributed by atoms with van der Waals surface area (Å²) in [5.41, 5.74) is 1.71. The van der Waals surface area contributed by atoms with Gasteiger partial charge >= 0.3 is 6.03 Å². The molecule has 2 aromatic carbocycles. The first-order chi connectivity index (χ1) is 12.4. The summed E-state index contributed by atoms with van der Waals surface area (Å²) >= 11 is 0. The maximum absolute atomic E-state index is 12.0. The van der Waals surface area contributed by atoms with Crippen LogP contribution in [-0.4, -0.2) is 42.1 Å². The Hall–Kier alpha value is -2.57. The van der Waals surface area contributed by atoms with Gasteiger partial charge in [-0.1, -0.05) is 24.3 Å². The molecule has 2 aromatic rings. The summed E-state index contributed by atoms with van der Waals surface area (Å²) in [6.07, 6.45) is 0.906. The number of anilines is 1. The number of carbonyl (C=O) groups is 1. The number of amides is 2. The van der Waals surface area contributed by atoms with Gasteiger partial charge in [-0.15, -0.1) is 0 Å². The van der Waals surface area contributed by atoms with Gasteiger partial charge in [0.05, 0.1) is 12.7 Å². The van der Waals surface area contributed by atoms with Gasteiger partial charge in [-0.3, -0.25) is 0 Å². The van der Waals surface area contributed by atoms with E-state index in [1.54, 1.807) is 14.0 Å². The van der Waals surface area contributed by atoms with Crippen molar-refractivity contribution in [1.82, 2.24) is 5.32 Å². The molecule has 4 N–H and O–H groups in total. The smallest absolute Gasteiger partial charge is 0.319 e. The molecule has 0 radical (unpaired) electrons. The molecular formula is C20H26N2O4. The number of benzene rings is 2. The van der Waals surface area contributed by atoms with Gasteiger partial charge < -0.3 is 25.6 Å². The maximum atomic E-state index is 12.0. The van der Waals surface area contributed by atoms with E-state index in [0.717, 1.165) is 16.9 Å². The average molecular weight is 358 g/mol. The molecule has 2 amide bonds. The minimum atomic E-state index is -1.04. The molecule has 0 unspecified atom stereocenters. The van der Waals surface area contributed by atoms with Crippen LogP contribution in [-0.2, 0) is 0 Å². The highest BCUT2D eigenvalue weighted by molar-refractivity contribution is 5.89. The Morgan fingerprint density at radius 2 is 1.65 bits per heavy atom. The Morgan fingerprint density at radius 1 is 1.08 bits per heavy atom. The zero-order chi connectivity index (χ0) is 19.0. The van der Waals surface area contributed by atoms with Gasteiger partial charge in [0.25, 0.3) is 0 Å². The molecule has 0 heterocycles. The molecule has 6 nitrogen and oxygen atoms in total. The summed E-state index contributed by atoms with van der Waals surface area (Å²) in [5, 5.41) is 24.3. The fourth-order valence-electron chi connectivity index (χ4n) is 2.52. The molecule has 0 bridgehead atoms. The molecule has 2 rings (SSSR count). The lowest BCUT2D eigenvalue weighted by Gasteiger charge is -2.23. The van der Waals surface area contributed by atoms with Gasteiger partial charge in [-0.25, -0.2) is 4.79 Å². The zero-order valence-corrected chi connectivity index (χ0v) is 15.2. The molecule has 0 aliphatic carbocycles. The minimum Gasteiger partial charge on any atom is -0.497 e. The Morgan fingerprint density at radius 3 is 2.19 bits per heavy atom. The van der Waals surface area contributed by atoms with E-state index in [0.29, 0.717) is 18.5 Å². The molecule has 0 saturated heterocycles. The number of aliphatic hydroxyl groups excluding tert-OH is 1. The second-order valence-corrected chi connectivity index (χ2v) is 6.44. The third-order valence-corrected chi connectivity index (χ3v) is 4.07. The lowest BCUT2D eigenvalue weighted by atomic mass is 10.0. The topological polar surface area (TPSA) is 90.8 Å². The van der Waals surface area contributed by atoms with Crippen molar-refractivity contribution in [1.29, 1.82) is 0 Å². The lowest BCUT2D eigenvalue weighted by molar-refractivity contribution is 0.0464. The van der Waals surface area contributed by atoms with E-state index in [-0.39, 0.29) is 19.2 Å². The monoisotopic (exact) mass is 358 g/mol. The molecule has 1 atom stereocenters. The fraction of sp³-hybridized carbons (Fsp3) is 0.350. The summed E-state index contributed by atoms with van der Waals surface area (Å²) in [5.74, 6) is 0.804. The summed E-state index contributed by atoms with van der Waals surface area (Å²) in [6.45, 7) is 1.76. The molecular weight excluding hydrogens is 332 g/mol. The summed E-state index contributed by atoms with van der Waals surface area (Å²) < 4.78 is 5.15. The van der Waals surface area contributed by atoms with E-state index in [2.05, 4.69) is 10.6 Å². The predicted molar refractivity (Wildman–Crippen MR) is 102 cm³/mol. The van der Waals surface area contributed by atoms with Crippen molar-refractivity contribution in [2.75, 3.05) is 25.6 Å². The fourth-order valence-corrected chi connectivity index (χ4v) is 2.52. The molecule has 140 valence electrons. The Labute approximate surface area is 153 Å². The van der Waals surface area contributed by atoms with Crippen LogP contribution in [0.2, 0.25) is 0 Å². The second-order valence-electron chi connectivity index (χ2n) is 6.44. The predicted octanol–water partition coefficient (Wildman–Crippen LogP) is 3.01. The lowest BCUT2D eigenvalue weighted by Crippen LogP contribution is -2.42. The summed E-state index contributed by atoms with van der Waals surface area (Å²) in [7, 11) is 1.63. The Bertz CT molecular complexity index is 697. The van der Waals surface area contributed by atoms with Crippen molar-refractivity contribution in [3.63, 3.8) is 0 Å². The average Bonchev–Trinajstić information content (AvgIpc) is 2.66. The van der Waals surface area contributed by atoms with E-state index in [1.165, 1.54) is 0 Å². The second kappa shape index (κ2) is 9.22. The van der Waals surface area contributed by atoms with E-state index >= 15 is 0 Å². The van der Waals surface area contributed by atoms with Crippen LogP contribution in [0.4, 0.5) is 10.5 Å². The van der Waals surface area contributed by atoms with Crippen LogP contribution in [0.15, 0.2) is 48.5 Å². The van der Waals surface area contributed by atoms with Crippen molar-refractivity contribution in [3.05, 3.63) is 48.5 Å². The van der Waals surface area contributed by atoms with Crippen LogP contribution in [0.5, 0.6) is 5.75 Å². The van der Waals surface area contributed by atoms with Crippen LogP contribution < -0.4 is 15.4 Å². The number of ether oxygens (including phenoxy) is 1. The number of methoxy groups -OCH3 is 1. The number of nitrogens with one attached hydrogen (secondary N) is 2. The van der Waals surface area contributed by atoms with Crippen LogP contribution in [0.3, 0.4) is 0 Å². The molecule has 6 heteroatoms. The van der Waals surface area contributed by atoms with Crippen molar-refractivity contribution in [3.8, 4) is 16.9 Å².